The van der Waals surface area contributed by atoms with Crippen molar-refractivity contribution in [3.8, 4) is 11.6 Å². The van der Waals surface area contributed by atoms with Crippen molar-refractivity contribution in [1.29, 1.82) is 0 Å². The molecular weight excluding hydrogens is 394 g/mol. The standard InChI is InChI=1S/C12H7Br2N3OS/c13-6-1-2-9(8(14)5-6)18-10-7-3-4-19-11(7)17-12(15)16-10/h1-5H,(H2,15,16,17). The van der Waals surface area contributed by atoms with E-state index in [0.29, 0.717) is 11.6 Å². The van der Waals surface area contributed by atoms with E-state index in [0.717, 1.165) is 19.2 Å². The Kier molecular flexibility index (Phi) is 3.42. The first kappa shape index (κ1) is 12.8. The van der Waals surface area contributed by atoms with Crippen LogP contribution in [0.1, 0.15) is 0 Å². The van der Waals surface area contributed by atoms with Crippen LogP contribution in [0.25, 0.3) is 10.2 Å². The highest BCUT2D eigenvalue weighted by molar-refractivity contribution is 9.11. The van der Waals surface area contributed by atoms with Gasteiger partial charge in [0, 0.05) is 4.47 Å². The number of hydrogen-bond acceptors (Lipinski definition) is 5. The highest BCUT2D eigenvalue weighted by Gasteiger charge is 2.11. The molecule has 7 heteroatoms. The van der Waals surface area contributed by atoms with Crippen LogP contribution >= 0.6 is 43.2 Å². The van der Waals surface area contributed by atoms with Gasteiger partial charge >= 0.3 is 0 Å². The summed E-state index contributed by atoms with van der Waals surface area (Å²) in [5.41, 5.74) is 5.68. The zero-order valence-corrected chi connectivity index (χ0v) is 13.4. The predicted molar refractivity (Wildman–Crippen MR) is 83.7 cm³/mol. The summed E-state index contributed by atoms with van der Waals surface area (Å²) in [4.78, 5) is 9.13. The van der Waals surface area contributed by atoms with E-state index in [1.54, 1.807) is 0 Å². The number of rotatable bonds is 2. The summed E-state index contributed by atoms with van der Waals surface area (Å²) in [5.74, 6) is 1.35. The molecule has 4 nitrogen and oxygen atoms in total. The van der Waals surface area contributed by atoms with E-state index in [9.17, 15) is 0 Å². The van der Waals surface area contributed by atoms with Gasteiger partial charge in [0.1, 0.15) is 10.6 Å². The monoisotopic (exact) mass is 399 g/mol. The summed E-state index contributed by atoms with van der Waals surface area (Å²) in [7, 11) is 0. The number of thiophene rings is 1. The SMILES string of the molecule is Nc1nc(Oc2ccc(Br)cc2Br)c2ccsc2n1. The second kappa shape index (κ2) is 5.07. The van der Waals surface area contributed by atoms with Gasteiger partial charge in [-0.15, -0.1) is 11.3 Å². The lowest BCUT2D eigenvalue weighted by atomic mass is 10.3. The molecule has 0 aliphatic rings. The molecule has 2 aromatic heterocycles. The summed E-state index contributed by atoms with van der Waals surface area (Å²) >= 11 is 8.35. The summed E-state index contributed by atoms with van der Waals surface area (Å²) in [6, 6.07) is 7.58. The second-order valence-electron chi connectivity index (χ2n) is 3.70. The lowest BCUT2D eigenvalue weighted by Gasteiger charge is -2.08. The highest BCUT2D eigenvalue weighted by Crippen LogP contribution is 2.35. The lowest BCUT2D eigenvalue weighted by Crippen LogP contribution is -1.97. The summed E-state index contributed by atoms with van der Waals surface area (Å²) < 4.78 is 7.63. The van der Waals surface area contributed by atoms with E-state index in [4.69, 9.17) is 10.5 Å². The van der Waals surface area contributed by atoms with Gasteiger partial charge in [-0.05, 0) is 45.6 Å². The second-order valence-corrected chi connectivity index (χ2v) is 6.37. The molecule has 0 amide bonds. The van der Waals surface area contributed by atoms with Crippen molar-refractivity contribution in [2.24, 2.45) is 0 Å². The first-order chi connectivity index (χ1) is 9.13. The smallest absolute Gasteiger partial charge is 0.232 e. The van der Waals surface area contributed by atoms with Gasteiger partial charge in [0.05, 0.1) is 9.86 Å². The number of fused-ring (bicyclic) bond motifs is 1. The van der Waals surface area contributed by atoms with E-state index < -0.39 is 0 Å². The maximum Gasteiger partial charge on any atom is 0.232 e. The molecule has 0 fully saturated rings. The number of nitrogens with zero attached hydrogens (tertiary/aromatic N) is 2. The number of hydrogen-bond donors (Lipinski definition) is 1. The average molecular weight is 401 g/mol. The molecule has 0 aliphatic heterocycles. The van der Waals surface area contributed by atoms with Crippen LogP contribution in [0.3, 0.4) is 0 Å². The molecule has 0 radical (unpaired) electrons. The van der Waals surface area contributed by atoms with Gasteiger partial charge in [-0.25, -0.2) is 4.98 Å². The maximum absolute atomic E-state index is 5.82. The highest BCUT2D eigenvalue weighted by atomic mass is 79.9. The van der Waals surface area contributed by atoms with Crippen molar-refractivity contribution in [3.63, 3.8) is 0 Å². The van der Waals surface area contributed by atoms with Crippen LogP contribution in [-0.4, -0.2) is 9.97 Å². The Morgan fingerprint density at radius 1 is 1.16 bits per heavy atom. The minimum Gasteiger partial charge on any atom is -0.437 e. The van der Waals surface area contributed by atoms with E-state index in [2.05, 4.69) is 41.8 Å². The number of nitrogen functional groups attached to an aromatic ring is 1. The average Bonchev–Trinajstić information content (AvgIpc) is 2.80. The number of aromatic nitrogens is 2. The van der Waals surface area contributed by atoms with Gasteiger partial charge in [0.15, 0.2) is 0 Å². The van der Waals surface area contributed by atoms with Crippen molar-refractivity contribution in [1.82, 2.24) is 9.97 Å². The van der Waals surface area contributed by atoms with Gasteiger partial charge < -0.3 is 10.5 Å². The number of halogens is 2. The molecule has 3 rings (SSSR count). The Morgan fingerprint density at radius 2 is 2.00 bits per heavy atom. The molecule has 0 saturated heterocycles. The van der Waals surface area contributed by atoms with Crippen molar-refractivity contribution in [3.05, 3.63) is 38.6 Å². The van der Waals surface area contributed by atoms with Crippen LogP contribution in [-0.2, 0) is 0 Å². The van der Waals surface area contributed by atoms with Gasteiger partial charge in [-0.2, -0.15) is 4.98 Å². The third-order valence-electron chi connectivity index (χ3n) is 2.41. The molecule has 2 N–H and O–H groups in total. The minimum absolute atomic E-state index is 0.207. The molecule has 0 aliphatic carbocycles. The number of ether oxygens (including phenoxy) is 1. The third kappa shape index (κ3) is 2.58. The van der Waals surface area contributed by atoms with Gasteiger partial charge in [0.25, 0.3) is 0 Å². The number of nitrogens with two attached hydrogens (primary N) is 1. The first-order valence-corrected chi connectivity index (χ1v) is 7.73. The molecule has 3 aromatic rings. The normalized spacial score (nSPS) is 10.8. The van der Waals surface area contributed by atoms with E-state index in [-0.39, 0.29) is 5.95 Å². The zero-order chi connectivity index (χ0) is 13.4. The van der Waals surface area contributed by atoms with Crippen LogP contribution in [0, 0.1) is 0 Å². The van der Waals surface area contributed by atoms with Crippen LogP contribution in [0.2, 0.25) is 0 Å². The van der Waals surface area contributed by atoms with Crippen molar-refractivity contribution in [2.45, 2.75) is 0 Å². The fraction of sp³-hybridized carbons (Fsp3) is 0. The quantitative estimate of drug-likeness (QED) is 0.683. The lowest BCUT2D eigenvalue weighted by molar-refractivity contribution is 0.466. The zero-order valence-electron chi connectivity index (χ0n) is 9.43. The van der Waals surface area contributed by atoms with Crippen LogP contribution in [0.4, 0.5) is 5.95 Å². The van der Waals surface area contributed by atoms with E-state index in [1.807, 2.05) is 29.6 Å². The molecule has 96 valence electrons. The van der Waals surface area contributed by atoms with Crippen LogP contribution in [0.5, 0.6) is 11.6 Å². The molecule has 1 aromatic carbocycles. The van der Waals surface area contributed by atoms with E-state index >= 15 is 0 Å². The topological polar surface area (TPSA) is 61.0 Å². The van der Waals surface area contributed by atoms with Gasteiger partial charge in [0.2, 0.25) is 11.8 Å². The summed E-state index contributed by atoms with van der Waals surface area (Å²) in [6.07, 6.45) is 0. The van der Waals surface area contributed by atoms with Crippen molar-refractivity contribution in [2.75, 3.05) is 5.73 Å². The maximum atomic E-state index is 5.82. The fourth-order valence-corrected chi connectivity index (χ4v) is 3.47. The molecule has 2 heterocycles. The Bertz CT molecular complexity index is 760. The summed E-state index contributed by atoms with van der Waals surface area (Å²) in [6.45, 7) is 0. The third-order valence-corrected chi connectivity index (χ3v) is 4.33. The Balaban J connectivity index is 2.07. The van der Waals surface area contributed by atoms with Gasteiger partial charge in [-0.1, -0.05) is 15.9 Å². The van der Waals surface area contributed by atoms with Crippen LogP contribution < -0.4 is 10.5 Å². The van der Waals surface area contributed by atoms with E-state index in [1.165, 1.54) is 11.3 Å². The Morgan fingerprint density at radius 3 is 2.79 bits per heavy atom. The molecule has 0 saturated carbocycles. The van der Waals surface area contributed by atoms with Gasteiger partial charge in [-0.3, -0.25) is 0 Å². The first-order valence-electron chi connectivity index (χ1n) is 5.27. The number of benzene rings is 1. The van der Waals surface area contributed by atoms with Crippen molar-refractivity contribution < 1.29 is 4.74 Å². The Labute approximate surface area is 129 Å². The minimum atomic E-state index is 0.207. The summed E-state index contributed by atoms with van der Waals surface area (Å²) in [5, 5.41) is 2.79. The largest absolute Gasteiger partial charge is 0.437 e. The Hall–Kier alpha value is -1.18. The molecule has 0 spiro atoms. The fourth-order valence-electron chi connectivity index (χ4n) is 1.58. The predicted octanol–water partition coefficient (Wildman–Crippen LogP) is 4.59. The van der Waals surface area contributed by atoms with Crippen molar-refractivity contribution >= 4 is 59.4 Å². The molecule has 19 heavy (non-hydrogen) atoms. The molecule has 0 atom stereocenters. The molecular formula is C12H7Br2N3OS. The molecule has 0 bridgehead atoms. The van der Waals surface area contributed by atoms with Crippen LogP contribution in [0.15, 0.2) is 38.6 Å². The molecule has 0 unspecified atom stereocenters. The number of anilines is 1.